The van der Waals surface area contributed by atoms with Gasteiger partial charge in [-0.2, -0.15) is 0 Å². The first-order valence-electron chi connectivity index (χ1n) is 5.51. The Hall–Kier alpha value is -0.0800. The van der Waals surface area contributed by atoms with Gasteiger partial charge in [-0.05, 0) is 26.7 Å². The van der Waals surface area contributed by atoms with Gasteiger partial charge in [0.2, 0.25) is 0 Å². The summed E-state index contributed by atoms with van der Waals surface area (Å²) < 4.78 is 0. The van der Waals surface area contributed by atoms with Crippen molar-refractivity contribution in [3.63, 3.8) is 0 Å². The van der Waals surface area contributed by atoms with Crippen molar-refractivity contribution in [3.05, 3.63) is 0 Å². The minimum Gasteiger partial charge on any atom is -0.311 e. The van der Waals surface area contributed by atoms with Gasteiger partial charge in [-0.25, -0.2) is 0 Å². The quantitative estimate of drug-likeness (QED) is 0.703. The standard InChI is InChI=1S/C11H24N2/c1-8(2)11-6-12-10(5)7-13(11)9(3)4/h8-12H,6-7H2,1-5H3. The zero-order valence-electron chi connectivity index (χ0n) is 9.67. The third kappa shape index (κ3) is 2.68. The molecular weight excluding hydrogens is 160 g/mol. The average molecular weight is 184 g/mol. The van der Waals surface area contributed by atoms with Crippen molar-refractivity contribution in [3.8, 4) is 0 Å². The third-order valence-corrected chi connectivity index (χ3v) is 3.02. The van der Waals surface area contributed by atoms with E-state index in [0.717, 1.165) is 18.5 Å². The monoisotopic (exact) mass is 184 g/mol. The van der Waals surface area contributed by atoms with E-state index in [1.165, 1.54) is 6.54 Å². The molecule has 0 aliphatic carbocycles. The minimum absolute atomic E-state index is 0.650. The highest BCUT2D eigenvalue weighted by atomic mass is 15.2. The van der Waals surface area contributed by atoms with Crippen LogP contribution in [0.4, 0.5) is 0 Å². The fourth-order valence-electron chi connectivity index (χ4n) is 2.17. The van der Waals surface area contributed by atoms with E-state index in [1.807, 2.05) is 0 Å². The highest BCUT2D eigenvalue weighted by Gasteiger charge is 2.29. The lowest BCUT2D eigenvalue weighted by molar-refractivity contribution is 0.0732. The molecule has 1 N–H and O–H groups in total. The maximum atomic E-state index is 3.56. The Morgan fingerprint density at radius 2 is 1.85 bits per heavy atom. The lowest BCUT2D eigenvalue weighted by Crippen LogP contribution is -2.59. The van der Waals surface area contributed by atoms with Crippen LogP contribution in [0, 0.1) is 5.92 Å². The highest BCUT2D eigenvalue weighted by Crippen LogP contribution is 2.17. The zero-order valence-corrected chi connectivity index (χ0v) is 9.67. The molecule has 0 aromatic heterocycles. The summed E-state index contributed by atoms with van der Waals surface area (Å²) in [6, 6.07) is 2.05. The van der Waals surface area contributed by atoms with Crippen molar-refractivity contribution in [2.24, 2.45) is 5.92 Å². The molecule has 2 unspecified atom stereocenters. The van der Waals surface area contributed by atoms with Crippen molar-refractivity contribution in [1.82, 2.24) is 10.2 Å². The third-order valence-electron chi connectivity index (χ3n) is 3.02. The highest BCUT2D eigenvalue weighted by molar-refractivity contribution is 4.87. The molecule has 1 rings (SSSR count). The van der Waals surface area contributed by atoms with Gasteiger partial charge in [-0.3, -0.25) is 4.90 Å². The molecule has 0 spiro atoms. The van der Waals surface area contributed by atoms with E-state index in [4.69, 9.17) is 0 Å². The Balaban J connectivity index is 2.60. The number of piperazine rings is 1. The molecule has 0 radical (unpaired) electrons. The van der Waals surface area contributed by atoms with Crippen LogP contribution >= 0.6 is 0 Å². The van der Waals surface area contributed by atoms with Crippen molar-refractivity contribution < 1.29 is 0 Å². The van der Waals surface area contributed by atoms with Crippen LogP contribution in [-0.4, -0.2) is 36.1 Å². The Morgan fingerprint density at radius 1 is 1.23 bits per heavy atom. The van der Waals surface area contributed by atoms with E-state index in [-0.39, 0.29) is 0 Å². The molecule has 0 aromatic rings. The van der Waals surface area contributed by atoms with Crippen molar-refractivity contribution in [2.45, 2.75) is 52.7 Å². The SMILES string of the molecule is CC1CN(C(C)C)C(C(C)C)CN1. The fraction of sp³-hybridized carbons (Fsp3) is 1.00. The van der Waals surface area contributed by atoms with E-state index in [1.54, 1.807) is 0 Å². The average Bonchev–Trinajstić information content (AvgIpc) is 2.03. The molecule has 13 heavy (non-hydrogen) atoms. The number of rotatable bonds is 2. The molecule has 1 aliphatic heterocycles. The molecule has 2 nitrogen and oxygen atoms in total. The summed E-state index contributed by atoms with van der Waals surface area (Å²) in [5.74, 6) is 0.752. The second-order valence-corrected chi connectivity index (χ2v) is 4.91. The smallest absolute Gasteiger partial charge is 0.0247 e. The van der Waals surface area contributed by atoms with Gasteiger partial charge in [0.05, 0.1) is 0 Å². The van der Waals surface area contributed by atoms with Gasteiger partial charge in [0.15, 0.2) is 0 Å². The van der Waals surface area contributed by atoms with Crippen LogP contribution in [0.15, 0.2) is 0 Å². The Kier molecular flexibility index (Phi) is 3.74. The van der Waals surface area contributed by atoms with E-state index in [2.05, 4.69) is 44.8 Å². The van der Waals surface area contributed by atoms with E-state index in [0.29, 0.717) is 12.1 Å². The van der Waals surface area contributed by atoms with Crippen LogP contribution < -0.4 is 5.32 Å². The normalized spacial score (nSPS) is 31.6. The second kappa shape index (κ2) is 4.43. The van der Waals surface area contributed by atoms with Crippen molar-refractivity contribution >= 4 is 0 Å². The predicted octanol–water partition coefficient (Wildman–Crippen LogP) is 1.71. The summed E-state index contributed by atoms with van der Waals surface area (Å²) in [5.41, 5.74) is 0. The summed E-state index contributed by atoms with van der Waals surface area (Å²) in [6.07, 6.45) is 0. The Morgan fingerprint density at radius 3 is 2.31 bits per heavy atom. The van der Waals surface area contributed by atoms with Crippen molar-refractivity contribution in [1.29, 1.82) is 0 Å². The van der Waals surface area contributed by atoms with Crippen LogP contribution in [0.2, 0.25) is 0 Å². The maximum Gasteiger partial charge on any atom is 0.0247 e. The molecular formula is C11H24N2. The van der Waals surface area contributed by atoms with Crippen molar-refractivity contribution in [2.75, 3.05) is 13.1 Å². The van der Waals surface area contributed by atoms with Crippen LogP contribution in [0.3, 0.4) is 0 Å². The minimum atomic E-state index is 0.650. The summed E-state index contributed by atoms with van der Waals surface area (Å²) in [7, 11) is 0. The second-order valence-electron chi connectivity index (χ2n) is 4.91. The molecule has 1 fully saturated rings. The van der Waals surface area contributed by atoms with E-state index >= 15 is 0 Å². The first kappa shape index (κ1) is 11.0. The lowest BCUT2D eigenvalue weighted by atomic mass is 9.97. The van der Waals surface area contributed by atoms with Crippen LogP contribution in [0.1, 0.15) is 34.6 Å². The number of hydrogen-bond donors (Lipinski definition) is 1. The molecule has 2 atom stereocenters. The first-order chi connectivity index (χ1) is 6.02. The van der Waals surface area contributed by atoms with Gasteiger partial charge < -0.3 is 5.32 Å². The molecule has 0 amide bonds. The molecule has 0 bridgehead atoms. The summed E-state index contributed by atoms with van der Waals surface area (Å²) in [5, 5.41) is 3.56. The van der Waals surface area contributed by atoms with Crippen LogP contribution in [0.5, 0.6) is 0 Å². The molecule has 0 saturated carbocycles. The number of hydrogen-bond acceptors (Lipinski definition) is 2. The summed E-state index contributed by atoms with van der Waals surface area (Å²) in [6.45, 7) is 13.8. The Labute approximate surface area is 82.7 Å². The van der Waals surface area contributed by atoms with Gasteiger partial charge in [0, 0.05) is 31.2 Å². The largest absolute Gasteiger partial charge is 0.311 e. The van der Waals surface area contributed by atoms with E-state index in [9.17, 15) is 0 Å². The summed E-state index contributed by atoms with van der Waals surface area (Å²) in [4.78, 5) is 2.63. The molecule has 2 heteroatoms. The summed E-state index contributed by atoms with van der Waals surface area (Å²) >= 11 is 0. The van der Waals surface area contributed by atoms with Gasteiger partial charge in [0.25, 0.3) is 0 Å². The van der Waals surface area contributed by atoms with E-state index < -0.39 is 0 Å². The molecule has 0 aromatic carbocycles. The lowest BCUT2D eigenvalue weighted by Gasteiger charge is -2.43. The number of nitrogens with zero attached hydrogens (tertiary/aromatic N) is 1. The molecule has 1 heterocycles. The van der Waals surface area contributed by atoms with Crippen LogP contribution in [-0.2, 0) is 0 Å². The number of nitrogens with one attached hydrogen (secondary N) is 1. The first-order valence-corrected chi connectivity index (χ1v) is 5.51. The van der Waals surface area contributed by atoms with Gasteiger partial charge >= 0.3 is 0 Å². The van der Waals surface area contributed by atoms with Gasteiger partial charge in [-0.1, -0.05) is 13.8 Å². The van der Waals surface area contributed by atoms with Gasteiger partial charge in [-0.15, -0.1) is 0 Å². The topological polar surface area (TPSA) is 15.3 Å². The van der Waals surface area contributed by atoms with Crippen LogP contribution in [0.25, 0.3) is 0 Å². The molecule has 1 saturated heterocycles. The Bertz CT molecular complexity index is 154. The predicted molar refractivity (Wildman–Crippen MR) is 57.9 cm³/mol. The molecule has 1 aliphatic rings. The van der Waals surface area contributed by atoms with Gasteiger partial charge in [0.1, 0.15) is 0 Å². The molecule has 78 valence electrons. The maximum absolute atomic E-state index is 3.56. The zero-order chi connectivity index (χ0) is 10.0. The fourth-order valence-corrected chi connectivity index (χ4v) is 2.17.